The van der Waals surface area contributed by atoms with Crippen LogP contribution < -0.4 is 10.6 Å². The number of pyridine rings is 1. The minimum atomic E-state index is 0.0232. The van der Waals surface area contributed by atoms with Gasteiger partial charge in [0.25, 0.3) is 0 Å². The predicted octanol–water partition coefficient (Wildman–Crippen LogP) is 1.49. The molecule has 0 fully saturated rings. The maximum absolute atomic E-state index is 5.34. The van der Waals surface area contributed by atoms with E-state index in [1.165, 1.54) is 11.1 Å². The highest BCUT2D eigenvalue weighted by molar-refractivity contribution is 5.49. The maximum Gasteiger partial charge on any atom is 0.131 e. The van der Waals surface area contributed by atoms with Crippen molar-refractivity contribution in [3.05, 3.63) is 22.9 Å². The lowest BCUT2D eigenvalue weighted by Gasteiger charge is -2.18. The van der Waals surface area contributed by atoms with Crippen LogP contribution in [0.15, 0.2) is 6.07 Å². The summed E-state index contributed by atoms with van der Waals surface area (Å²) in [6, 6.07) is 2.10. The summed E-state index contributed by atoms with van der Waals surface area (Å²) in [6.07, 6.45) is 0.0232. The molecule has 0 amide bonds. The zero-order valence-corrected chi connectivity index (χ0v) is 12.5. The third kappa shape index (κ3) is 4.78. The quantitative estimate of drug-likeness (QED) is 0.747. The molecule has 0 saturated heterocycles. The number of ether oxygens (including phenoxy) is 2. The lowest BCUT2D eigenvalue weighted by molar-refractivity contribution is 0.0365. The Labute approximate surface area is 115 Å². The monoisotopic (exact) mass is 267 g/mol. The first kappa shape index (κ1) is 15.9. The number of hydrogen-bond donors (Lipinski definition) is 2. The minimum absolute atomic E-state index is 0.0232. The van der Waals surface area contributed by atoms with Crippen LogP contribution in [0.25, 0.3) is 0 Å². The largest absolute Gasteiger partial charge is 0.382 e. The molecular formula is C14H25N3O2. The molecule has 5 heteroatoms. The molecule has 19 heavy (non-hydrogen) atoms. The Hall–Kier alpha value is -1.17. The Morgan fingerprint density at radius 2 is 2.05 bits per heavy atom. The van der Waals surface area contributed by atoms with E-state index < -0.39 is 0 Å². The molecule has 0 saturated carbocycles. The van der Waals surface area contributed by atoms with Crippen LogP contribution in [0.2, 0.25) is 0 Å². The van der Waals surface area contributed by atoms with Crippen molar-refractivity contribution in [3.8, 4) is 0 Å². The van der Waals surface area contributed by atoms with Crippen LogP contribution in [-0.4, -0.2) is 45.5 Å². The molecule has 5 nitrogen and oxygen atoms in total. The summed E-state index contributed by atoms with van der Waals surface area (Å²) in [4.78, 5) is 4.57. The number of hydrogen-bond acceptors (Lipinski definition) is 5. The zero-order chi connectivity index (χ0) is 14.3. The summed E-state index contributed by atoms with van der Waals surface area (Å²) in [6.45, 7) is 6.15. The van der Waals surface area contributed by atoms with Crippen LogP contribution in [0.4, 0.5) is 5.82 Å². The van der Waals surface area contributed by atoms with Gasteiger partial charge >= 0.3 is 0 Å². The Morgan fingerprint density at radius 1 is 1.32 bits per heavy atom. The molecule has 0 spiro atoms. The number of nitrogens with one attached hydrogen (secondary N) is 2. The summed E-state index contributed by atoms with van der Waals surface area (Å²) in [5, 5.41) is 6.53. The van der Waals surface area contributed by atoms with Crippen LogP contribution in [0.1, 0.15) is 16.8 Å². The Balaban J connectivity index is 2.80. The number of nitrogens with zero attached hydrogens (tertiary/aromatic N) is 1. The average Bonchev–Trinajstić information content (AvgIpc) is 2.38. The number of aryl methyl sites for hydroxylation is 2. The van der Waals surface area contributed by atoms with Gasteiger partial charge in [-0.1, -0.05) is 0 Å². The molecule has 1 aromatic heterocycles. The zero-order valence-electron chi connectivity index (χ0n) is 12.5. The molecule has 1 aromatic rings. The highest BCUT2D eigenvalue weighted by Gasteiger charge is 2.11. The molecule has 0 aliphatic heterocycles. The normalized spacial score (nSPS) is 12.5. The summed E-state index contributed by atoms with van der Waals surface area (Å²) >= 11 is 0. The first-order valence-electron chi connectivity index (χ1n) is 6.49. The van der Waals surface area contributed by atoms with Gasteiger partial charge in [0.2, 0.25) is 0 Å². The first-order chi connectivity index (χ1) is 9.12. The molecule has 0 aliphatic rings. The van der Waals surface area contributed by atoms with Gasteiger partial charge in [-0.3, -0.25) is 0 Å². The van der Waals surface area contributed by atoms with E-state index in [2.05, 4.69) is 28.6 Å². The molecule has 108 valence electrons. The SMILES string of the molecule is CNCc1c(C)cc(C)nc1NCC(COC)OC. The predicted molar refractivity (Wildman–Crippen MR) is 77.6 cm³/mol. The van der Waals surface area contributed by atoms with E-state index in [1.807, 2.05) is 14.0 Å². The summed E-state index contributed by atoms with van der Waals surface area (Å²) < 4.78 is 10.5. The van der Waals surface area contributed by atoms with Crippen LogP contribution in [0.3, 0.4) is 0 Å². The van der Waals surface area contributed by atoms with Gasteiger partial charge in [0.15, 0.2) is 0 Å². The second-order valence-corrected chi connectivity index (χ2v) is 4.63. The number of methoxy groups -OCH3 is 2. The van der Waals surface area contributed by atoms with E-state index in [9.17, 15) is 0 Å². The van der Waals surface area contributed by atoms with E-state index >= 15 is 0 Å². The van der Waals surface area contributed by atoms with Gasteiger partial charge in [0.05, 0.1) is 12.7 Å². The third-order valence-electron chi connectivity index (χ3n) is 3.01. The van der Waals surface area contributed by atoms with Gasteiger partial charge in [-0.15, -0.1) is 0 Å². The van der Waals surface area contributed by atoms with Gasteiger partial charge in [-0.05, 0) is 32.5 Å². The molecule has 1 rings (SSSR count). The molecule has 1 atom stereocenters. The molecule has 2 N–H and O–H groups in total. The van der Waals surface area contributed by atoms with Crippen LogP contribution in [-0.2, 0) is 16.0 Å². The molecule has 0 aromatic carbocycles. The van der Waals surface area contributed by atoms with Crippen molar-refractivity contribution in [2.45, 2.75) is 26.5 Å². The average molecular weight is 267 g/mol. The smallest absolute Gasteiger partial charge is 0.131 e. The van der Waals surface area contributed by atoms with Crippen molar-refractivity contribution >= 4 is 5.82 Å². The summed E-state index contributed by atoms with van der Waals surface area (Å²) in [5.41, 5.74) is 3.45. The van der Waals surface area contributed by atoms with E-state index in [-0.39, 0.29) is 6.10 Å². The van der Waals surface area contributed by atoms with E-state index in [1.54, 1.807) is 14.2 Å². The Morgan fingerprint density at radius 3 is 2.63 bits per heavy atom. The van der Waals surface area contributed by atoms with Crippen molar-refractivity contribution in [3.63, 3.8) is 0 Å². The van der Waals surface area contributed by atoms with Crippen molar-refractivity contribution in [2.75, 3.05) is 39.7 Å². The van der Waals surface area contributed by atoms with Crippen molar-refractivity contribution in [1.82, 2.24) is 10.3 Å². The van der Waals surface area contributed by atoms with Crippen molar-refractivity contribution < 1.29 is 9.47 Å². The number of rotatable bonds is 8. The second-order valence-electron chi connectivity index (χ2n) is 4.63. The maximum atomic E-state index is 5.34. The minimum Gasteiger partial charge on any atom is -0.382 e. The summed E-state index contributed by atoms with van der Waals surface area (Å²) in [5.74, 6) is 0.921. The van der Waals surface area contributed by atoms with Gasteiger partial charge in [0.1, 0.15) is 5.82 Å². The Bertz CT molecular complexity index is 397. The Kier molecular flexibility index (Phi) is 6.77. The molecule has 1 heterocycles. The van der Waals surface area contributed by atoms with Gasteiger partial charge < -0.3 is 20.1 Å². The molecule has 1 unspecified atom stereocenters. The summed E-state index contributed by atoms with van der Waals surface area (Å²) in [7, 11) is 5.30. The fraction of sp³-hybridized carbons (Fsp3) is 0.643. The van der Waals surface area contributed by atoms with Gasteiger partial charge in [0, 0.05) is 38.6 Å². The molecule has 0 radical (unpaired) electrons. The first-order valence-corrected chi connectivity index (χ1v) is 6.49. The number of aromatic nitrogens is 1. The van der Waals surface area contributed by atoms with Crippen LogP contribution in [0.5, 0.6) is 0 Å². The lowest BCUT2D eigenvalue weighted by Crippen LogP contribution is -2.27. The molecule has 0 bridgehead atoms. The van der Waals surface area contributed by atoms with E-state index in [0.717, 1.165) is 18.1 Å². The lowest BCUT2D eigenvalue weighted by atomic mass is 10.1. The standard InChI is InChI=1S/C14H25N3O2/c1-10-6-11(2)17-14(13(10)8-15-3)16-7-12(19-5)9-18-4/h6,12,15H,7-9H2,1-5H3,(H,16,17). The van der Waals surface area contributed by atoms with E-state index in [0.29, 0.717) is 13.2 Å². The number of anilines is 1. The van der Waals surface area contributed by atoms with Crippen LogP contribution in [0, 0.1) is 13.8 Å². The van der Waals surface area contributed by atoms with Crippen LogP contribution >= 0.6 is 0 Å². The van der Waals surface area contributed by atoms with Gasteiger partial charge in [-0.2, -0.15) is 0 Å². The van der Waals surface area contributed by atoms with Crippen molar-refractivity contribution in [2.24, 2.45) is 0 Å². The third-order valence-corrected chi connectivity index (χ3v) is 3.01. The van der Waals surface area contributed by atoms with E-state index in [4.69, 9.17) is 9.47 Å². The topological polar surface area (TPSA) is 55.4 Å². The highest BCUT2D eigenvalue weighted by atomic mass is 16.5. The van der Waals surface area contributed by atoms with Gasteiger partial charge in [-0.25, -0.2) is 4.98 Å². The fourth-order valence-electron chi connectivity index (χ4n) is 2.02. The highest BCUT2D eigenvalue weighted by Crippen LogP contribution is 2.18. The molecular weight excluding hydrogens is 242 g/mol. The fourth-order valence-corrected chi connectivity index (χ4v) is 2.02. The second kappa shape index (κ2) is 8.09. The molecule has 0 aliphatic carbocycles. The van der Waals surface area contributed by atoms with Crippen molar-refractivity contribution in [1.29, 1.82) is 0 Å².